The van der Waals surface area contributed by atoms with Crippen LogP contribution in [-0.4, -0.2) is 95.6 Å². The molecule has 4 aliphatic heterocycles. The Kier molecular flexibility index (Phi) is 7.55. The van der Waals surface area contributed by atoms with Crippen LogP contribution in [0.5, 0.6) is 11.5 Å². The standard InChI is InChI=1S/C34H44N4O8/c1-15-10-20-24(28(41)29(15)44-8)25-21-11-19-23(27(40)30(45-9)16(2)26(19)39)22(37(21)14-18-12-34(20,7)38(18)25)13-35-31(42)17(3)36-32(43)46-33(4,5)6/h10,17-18,21-22,25,41H,11-14H2,1-9H3,(H,35,42)(H,36,43). The number of rotatable bonds is 6. The van der Waals surface area contributed by atoms with E-state index in [2.05, 4.69) is 33.4 Å². The van der Waals surface area contributed by atoms with E-state index in [0.29, 0.717) is 29.9 Å². The molecule has 3 N–H and O–H groups in total. The van der Waals surface area contributed by atoms with Gasteiger partial charge in [-0.2, -0.15) is 0 Å². The van der Waals surface area contributed by atoms with E-state index in [4.69, 9.17) is 14.2 Å². The lowest BCUT2D eigenvalue weighted by molar-refractivity contribution is -0.160. The van der Waals surface area contributed by atoms with Gasteiger partial charge < -0.3 is 30.0 Å². The highest BCUT2D eigenvalue weighted by atomic mass is 16.6. The Labute approximate surface area is 269 Å². The van der Waals surface area contributed by atoms with E-state index in [1.165, 1.54) is 7.11 Å². The number of aromatic hydroxyl groups is 1. The zero-order valence-electron chi connectivity index (χ0n) is 28.0. The van der Waals surface area contributed by atoms with Crippen molar-refractivity contribution in [2.75, 3.05) is 27.3 Å². The Morgan fingerprint density at radius 1 is 1.15 bits per heavy atom. The van der Waals surface area contributed by atoms with Gasteiger partial charge in [-0.3, -0.25) is 24.2 Å². The first-order valence-corrected chi connectivity index (χ1v) is 15.8. The summed E-state index contributed by atoms with van der Waals surface area (Å²) in [6, 6.07) is 0.130. The number of aryl methyl sites for hydroxylation is 1. The maximum atomic E-state index is 14.0. The normalized spacial score (nSPS) is 29.2. The summed E-state index contributed by atoms with van der Waals surface area (Å²) >= 11 is 0. The average Bonchev–Trinajstić information content (AvgIpc) is 3.18. The maximum absolute atomic E-state index is 14.0. The summed E-state index contributed by atoms with van der Waals surface area (Å²) in [7, 11) is 2.92. The van der Waals surface area contributed by atoms with Crippen LogP contribution in [0.2, 0.25) is 0 Å². The molecular formula is C34H44N4O8. The van der Waals surface area contributed by atoms with Crippen molar-refractivity contribution >= 4 is 23.6 Å². The van der Waals surface area contributed by atoms with Crippen molar-refractivity contribution in [3.8, 4) is 11.5 Å². The Bertz CT molecular complexity index is 1620. The van der Waals surface area contributed by atoms with Crippen molar-refractivity contribution in [2.24, 2.45) is 0 Å². The fourth-order valence-electron chi connectivity index (χ4n) is 8.53. The van der Waals surface area contributed by atoms with Crippen LogP contribution in [0.15, 0.2) is 28.5 Å². The summed E-state index contributed by atoms with van der Waals surface area (Å²) in [5.74, 6) is -0.522. The number of phenolic OH excluding ortho intramolecular Hbond substituents is 1. The van der Waals surface area contributed by atoms with Crippen molar-refractivity contribution in [3.05, 3.63) is 45.2 Å². The third-order valence-electron chi connectivity index (χ3n) is 10.3. The number of piperazine rings is 1. The number of methoxy groups -OCH3 is 2. The fraction of sp³-hybridized carbons (Fsp3) is 0.588. The van der Waals surface area contributed by atoms with Crippen LogP contribution in [0, 0.1) is 6.92 Å². The van der Waals surface area contributed by atoms with Gasteiger partial charge in [-0.1, -0.05) is 0 Å². The van der Waals surface area contributed by atoms with Gasteiger partial charge in [-0.25, -0.2) is 4.79 Å². The summed E-state index contributed by atoms with van der Waals surface area (Å²) in [6.45, 7) is 13.1. The van der Waals surface area contributed by atoms with Crippen LogP contribution in [0.25, 0.3) is 0 Å². The Morgan fingerprint density at radius 3 is 2.48 bits per heavy atom. The molecule has 0 aromatic heterocycles. The number of hydrogen-bond acceptors (Lipinski definition) is 10. The molecule has 2 amide bonds. The van der Waals surface area contributed by atoms with Crippen LogP contribution in [-0.2, 0) is 29.4 Å². The Morgan fingerprint density at radius 2 is 1.85 bits per heavy atom. The van der Waals surface area contributed by atoms with E-state index >= 15 is 0 Å². The second-order valence-electron chi connectivity index (χ2n) is 14.3. The molecule has 12 heteroatoms. The molecule has 6 atom stereocenters. The van der Waals surface area contributed by atoms with Gasteiger partial charge in [0.2, 0.25) is 11.7 Å². The molecule has 1 aliphatic carbocycles. The van der Waals surface area contributed by atoms with Crippen molar-refractivity contribution in [3.63, 3.8) is 0 Å². The van der Waals surface area contributed by atoms with E-state index in [9.17, 15) is 24.3 Å². The number of hydrogen-bond donors (Lipinski definition) is 3. The molecule has 2 fully saturated rings. The first kappa shape index (κ1) is 32.1. The van der Waals surface area contributed by atoms with E-state index < -0.39 is 29.7 Å². The highest BCUT2D eigenvalue weighted by Gasteiger charge is 2.66. The SMILES string of the molecule is COC1=C(C)C(=O)C2=C(C1=O)C(CNC(=O)C(C)NC(=O)OC(C)(C)C)N1CC3CC4(C)c5cc(C)c(OC)c(O)c5C(C1C2)N34. The lowest BCUT2D eigenvalue weighted by Crippen LogP contribution is -2.72. The number of benzene rings is 1. The number of allylic oxidation sites excluding steroid dienone is 2. The second kappa shape index (κ2) is 10.8. The third-order valence-corrected chi connectivity index (χ3v) is 10.3. The van der Waals surface area contributed by atoms with Gasteiger partial charge in [0.1, 0.15) is 11.6 Å². The second-order valence-corrected chi connectivity index (χ2v) is 14.3. The molecular weight excluding hydrogens is 592 g/mol. The van der Waals surface area contributed by atoms with Gasteiger partial charge in [0.05, 0.1) is 26.3 Å². The molecule has 248 valence electrons. The van der Waals surface area contributed by atoms with Crippen molar-refractivity contribution in [2.45, 2.75) is 103 Å². The van der Waals surface area contributed by atoms with Crippen molar-refractivity contribution < 1.29 is 38.5 Å². The summed E-state index contributed by atoms with van der Waals surface area (Å²) in [4.78, 5) is 58.1. The quantitative estimate of drug-likeness (QED) is 0.399. The van der Waals surface area contributed by atoms with Gasteiger partial charge >= 0.3 is 6.09 Å². The number of ether oxygens (including phenoxy) is 3. The number of carbonyl (C=O) groups excluding carboxylic acids is 4. The van der Waals surface area contributed by atoms with Gasteiger partial charge in [0, 0.05) is 53.0 Å². The van der Waals surface area contributed by atoms with E-state index in [1.54, 1.807) is 41.7 Å². The van der Waals surface area contributed by atoms with Gasteiger partial charge in [0.25, 0.3) is 0 Å². The fourth-order valence-corrected chi connectivity index (χ4v) is 8.53. The number of amides is 2. The largest absolute Gasteiger partial charge is 0.504 e. The predicted molar refractivity (Wildman–Crippen MR) is 167 cm³/mol. The Balaban J connectivity index is 1.38. The minimum Gasteiger partial charge on any atom is -0.504 e. The van der Waals surface area contributed by atoms with E-state index in [1.807, 2.05) is 6.92 Å². The molecule has 1 aromatic carbocycles. The molecule has 1 aromatic rings. The predicted octanol–water partition coefficient (Wildman–Crippen LogP) is 2.91. The molecule has 0 spiro atoms. The summed E-state index contributed by atoms with van der Waals surface area (Å²) in [6.07, 6.45) is 0.432. The smallest absolute Gasteiger partial charge is 0.408 e. The van der Waals surface area contributed by atoms with Gasteiger partial charge in [-0.15, -0.1) is 0 Å². The molecule has 4 heterocycles. The lowest BCUT2D eigenvalue weighted by Gasteiger charge is -2.64. The third kappa shape index (κ3) is 4.63. The first-order valence-electron chi connectivity index (χ1n) is 15.8. The number of ketones is 2. The van der Waals surface area contributed by atoms with Crippen LogP contribution < -0.4 is 15.4 Å². The summed E-state index contributed by atoms with van der Waals surface area (Å²) < 4.78 is 16.3. The molecule has 6 rings (SSSR count). The molecule has 5 aliphatic rings. The molecule has 2 saturated heterocycles. The zero-order valence-corrected chi connectivity index (χ0v) is 28.0. The highest BCUT2D eigenvalue weighted by molar-refractivity contribution is 6.25. The van der Waals surface area contributed by atoms with Gasteiger partial charge in [0.15, 0.2) is 23.0 Å². The average molecular weight is 637 g/mol. The minimum absolute atomic E-state index is 0.0115. The van der Waals surface area contributed by atoms with E-state index in [-0.39, 0.29) is 58.9 Å². The molecule has 12 nitrogen and oxygen atoms in total. The minimum atomic E-state index is -0.915. The number of fused-ring (bicyclic) bond motifs is 5. The Hall–Kier alpha value is -3.90. The van der Waals surface area contributed by atoms with Crippen LogP contribution in [0.4, 0.5) is 4.79 Å². The molecule has 0 bridgehead atoms. The van der Waals surface area contributed by atoms with Crippen LogP contribution >= 0.6 is 0 Å². The van der Waals surface area contributed by atoms with Crippen molar-refractivity contribution in [1.82, 2.24) is 20.4 Å². The number of phenols is 1. The molecule has 6 unspecified atom stereocenters. The highest BCUT2D eigenvalue weighted by Crippen LogP contribution is 2.65. The number of alkyl carbamates (subject to hydrolysis) is 1. The number of Topliss-reactive ketones (excluding diaryl/α,β-unsaturated/α-hetero) is 2. The molecule has 0 saturated carbocycles. The topological polar surface area (TPSA) is 147 Å². The zero-order chi connectivity index (χ0) is 33.6. The number of nitrogens with zero attached hydrogens (tertiary/aromatic N) is 2. The number of carbonyl (C=O) groups is 4. The van der Waals surface area contributed by atoms with Crippen LogP contribution in [0.1, 0.15) is 77.1 Å². The maximum Gasteiger partial charge on any atom is 0.408 e. The first-order chi connectivity index (χ1) is 21.5. The van der Waals surface area contributed by atoms with Crippen LogP contribution in [0.3, 0.4) is 0 Å². The summed E-state index contributed by atoms with van der Waals surface area (Å²) in [5, 5.41) is 17.1. The number of nitrogens with one attached hydrogen (secondary N) is 2. The van der Waals surface area contributed by atoms with Gasteiger partial charge in [-0.05, 0) is 78.5 Å². The molecule has 46 heavy (non-hydrogen) atoms. The van der Waals surface area contributed by atoms with Crippen molar-refractivity contribution in [1.29, 1.82) is 0 Å². The van der Waals surface area contributed by atoms with E-state index in [0.717, 1.165) is 23.1 Å². The monoisotopic (exact) mass is 636 g/mol. The summed E-state index contributed by atoms with van der Waals surface area (Å²) in [5.41, 5.74) is 2.70. The molecule has 0 radical (unpaired) electrons. The lowest BCUT2D eigenvalue weighted by atomic mass is 9.72.